The SMILES string of the molecule is O=S(=O)(O)CCCS(=O)(=O)S(=O)(=O)CCCS(=O)(=O)O. The van der Waals surface area contributed by atoms with Gasteiger partial charge in [0, 0.05) is 0 Å². The Morgan fingerprint density at radius 2 is 0.750 bits per heavy atom. The summed E-state index contributed by atoms with van der Waals surface area (Å²) < 4.78 is 104. The van der Waals surface area contributed by atoms with Crippen LogP contribution < -0.4 is 0 Å². The van der Waals surface area contributed by atoms with Crippen LogP contribution in [0.2, 0.25) is 0 Å². The van der Waals surface area contributed by atoms with Crippen molar-refractivity contribution in [2.45, 2.75) is 12.8 Å². The first kappa shape index (κ1) is 19.7. The maximum atomic E-state index is 11.4. The molecule has 14 heteroatoms. The van der Waals surface area contributed by atoms with E-state index >= 15 is 0 Å². The normalized spacial score (nSPS) is 14.3. The summed E-state index contributed by atoms with van der Waals surface area (Å²) in [5.41, 5.74) is 0. The zero-order chi connectivity index (χ0) is 16.2. The molecule has 0 aromatic carbocycles. The van der Waals surface area contributed by atoms with Gasteiger partial charge in [0.25, 0.3) is 38.0 Å². The van der Waals surface area contributed by atoms with E-state index in [4.69, 9.17) is 9.11 Å². The zero-order valence-corrected chi connectivity index (χ0v) is 13.3. The number of rotatable bonds is 9. The lowest BCUT2D eigenvalue weighted by molar-refractivity contribution is 0.479. The van der Waals surface area contributed by atoms with Gasteiger partial charge >= 0.3 is 0 Å². The Kier molecular flexibility index (Phi) is 6.56. The van der Waals surface area contributed by atoms with Gasteiger partial charge in [0.2, 0.25) is 0 Å². The van der Waals surface area contributed by atoms with E-state index in [0.29, 0.717) is 0 Å². The molecule has 0 rings (SSSR count). The Bertz CT molecular complexity index is 658. The van der Waals surface area contributed by atoms with Crippen LogP contribution in [-0.4, -0.2) is 65.8 Å². The molecule has 10 nitrogen and oxygen atoms in total. The molecule has 0 radical (unpaired) electrons. The minimum atomic E-state index is -4.68. The molecular formula is C6H14O10S4. The van der Waals surface area contributed by atoms with Gasteiger partial charge in [-0.05, 0) is 12.8 Å². The summed E-state index contributed by atoms with van der Waals surface area (Å²) in [5.74, 6) is -3.85. The number of hydrogen-bond acceptors (Lipinski definition) is 8. The van der Waals surface area contributed by atoms with Crippen LogP contribution >= 0.6 is 0 Å². The first-order chi connectivity index (χ1) is 8.66. The van der Waals surface area contributed by atoms with E-state index in [9.17, 15) is 33.7 Å². The Balaban J connectivity index is 4.67. The third kappa shape index (κ3) is 8.11. The summed E-state index contributed by atoms with van der Waals surface area (Å²) in [4.78, 5) is 0. The Hall–Kier alpha value is -0.280. The van der Waals surface area contributed by atoms with Gasteiger partial charge in [0.05, 0.1) is 23.0 Å². The average Bonchev–Trinajstić information content (AvgIpc) is 2.11. The zero-order valence-electron chi connectivity index (χ0n) is 10.0. The van der Waals surface area contributed by atoms with E-state index < -0.39 is 73.8 Å². The van der Waals surface area contributed by atoms with Gasteiger partial charge in [-0.1, -0.05) is 0 Å². The van der Waals surface area contributed by atoms with Crippen LogP contribution in [0.5, 0.6) is 0 Å². The summed E-state index contributed by atoms with van der Waals surface area (Å²) in [5, 5.41) is 0. The third-order valence-electron chi connectivity index (χ3n) is 1.98. The van der Waals surface area contributed by atoms with Gasteiger partial charge in [-0.15, -0.1) is 0 Å². The molecule has 0 aromatic heterocycles. The molecule has 0 amide bonds. The highest BCUT2D eigenvalue weighted by Gasteiger charge is 2.29. The summed E-state index contributed by atoms with van der Waals surface area (Å²) >= 11 is 0. The molecule has 0 bridgehead atoms. The van der Waals surface area contributed by atoms with E-state index in [-0.39, 0.29) is 0 Å². The molecule has 0 heterocycles. The van der Waals surface area contributed by atoms with E-state index in [2.05, 4.69) is 0 Å². The largest absolute Gasteiger partial charge is 0.286 e. The molecule has 0 aliphatic carbocycles. The van der Waals surface area contributed by atoms with E-state index in [1.165, 1.54) is 0 Å². The fourth-order valence-corrected chi connectivity index (χ4v) is 6.21. The predicted molar refractivity (Wildman–Crippen MR) is 69.6 cm³/mol. The average molecular weight is 374 g/mol. The summed E-state index contributed by atoms with van der Waals surface area (Å²) in [7, 11) is -18.2. The van der Waals surface area contributed by atoms with Crippen LogP contribution in [0.4, 0.5) is 0 Å². The lowest BCUT2D eigenvalue weighted by Crippen LogP contribution is -2.24. The Morgan fingerprint density at radius 3 is 0.950 bits per heavy atom. The van der Waals surface area contributed by atoms with Crippen LogP contribution in [0.25, 0.3) is 0 Å². The van der Waals surface area contributed by atoms with Crippen LogP contribution in [0.1, 0.15) is 12.8 Å². The van der Waals surface area contributed by atoms with Crippen molar-refractivity contribution < 1.29 is 42.8 Å². The van der Waals surface area contributed by atoms with Gasteiger partial charge in [-0.3, -0.25) is 9.11 Å². The fraction of sp³-hybridized carbons (Fsp3) is 1.00. The molecule has 0 fully saturated rings. The van der Waals surface area contributed by atoms with Gasteiger partial charge in [0.1, 0.15) is 0 Å². The molecule has 20 heavy (non-hydrogen) atoms. The van der Waals surface area contributed by atoms with Gasteiger partial charge in [0.15, 0.2) is 0 Å². The topological polar surface area (TPSA) is 177 Å². The molecule has 0 aliphatic rings. The second-order valence-electron chi connectivity index (χ2n) is 3.80. The summed E-state index contributed by atoms with van der Waals surface area (Å²) in [6, 6.07) is 0. The molecule has 122 valence electrons. The van der Waals surface area contributed by atoms with E-state index in [1.807, 2.05) is 0 Å². The lowest BCUT2D eigenvalue weighted by atomic mass is 10.6. The molecule has 0 atom stereocenters. The molecule has 0 aromatic rings. The summed E-state index contributed by atoms with van der Waals surface area (Å²) in [6.07, 6.45) is -1.22. The maximum Gasteiger partial charge on any atom is 0.264 e. The maximum absolute atomic E-state index is 11.4. The van der Waals surface area contributed by atoms with Gasteiger partial charge in [-0.25, -0.2) is 16.8 Å². The molecule has 0 saturated heterocycles. The first-order valence-corrected chi connectivity index (χ1v) is 12.1. The second kappa shape index (κ2) is 6.65. The molecule has 0 spiro atoms. The van der Waals surface area contributed by atoms with Crippen molar-refractivity contribution in [2.24, 2.45) is 0 Å². The van der Waals surface area contributed by atoms with Crippen LogP contribution in [0, 0.1) is 0 Å². The van der Waals surface area contributed by atoms with E-state index in [0.717, 1.165) is 0 Å². The quantitative estimate of drug-likeness (QED) is 0.348. The van der Waals surface area contributed by atoms with Crippen molar-refractivity contribution in [3.63, 3.8) is 0 Å². The molecular weight excluding hydrogens is 360 g/mol. The minimum Gasteiger partial charge on any atom is -0.286 e. The smallest absolute Gasteiger partial charge is 0.264 e. The van der Waals surface area contributed by atoms with Gasteiger partial charge in [-0.2, -0.15) is 16.8 Å². The Labute approximate surface area is 116 Å². The molecule has 2 N–H and O–H groups in total. The van der Waals surface area contributed by atoms with Crippen molar-refractivity contribution in [2.75, 3.05) is 23.0 Å². The standard InChI is InChI=1S/C6H14O10S4/c7-17(8,9)3-1-5-19(13,14)20(15,16)6-2-4-18(10,11)12/h1-6H2,(H,7,8,9)(H,10,11,12). The van der Waals surface area contributed by atoms with E-state index in [1.54, 1.807) is 0 Å². The predicted octanol–water partition coefficient (Wildman–Crippen LogP) is -1.71. The van der Waals surface area contributed by atoms with Crippen LogP contribution in [0.3, 0.4) is 0 Å². The highest BCUT2D eigenvalue weighted by atomic mass is 33.2. The highest BCUT2D eigenvalue weighted by Crippen LogP contribution is 2.09. The van der Waals surface area contributed by atoms with Crippen molar-refractivity contribution in [3.05, 3.63) is 0 Å². The van der Waals surface area contributed by atoms with Crippen molar-refractivity contribution in [3.8, 4) is 0 Å². The lowest BCUT2D eigenvalue weighted by Gasteiger charge is -2.05. The second-order valence-corrected chi connectivity index (χ2v) is 13.0. The van der Waals surface area contributed by atoms with Crippen molar-refractivity contribution >= 4 is 38.0 Å². The molecule has 0 saturated carbocycles. The first-order valence-electron chi connectivity index (χ1n) is 5.02. The minimum absolute atomic E-state index is 0.612. The van der Waals surface area contributed by atoms with Crippen LogP contribution in [-0.2, 0) is 38.0 Å². The molecule has 0 unspecified atom stereocenters. The number of hydrogen-bond donors (Lipinski definition) is 2. The monoisotopic (exact) mass is 374 g/mol. The van der Waals surface area contributed by atoms with Crippen molar-refractivity contribution in [1.29, 1.82) is 0 Å². The summed E-state index contributed by atoms with van der Waals surface area (Å²) in [6.45, 7) is 0. The van der Waals surface area contributed by atoms with Gasteiger partial charge < -0.3 is 0 Å². The highest BCUT2D eigenvalue weighted by molar-refractivity contribution is 8.67. The third-order valence-corrected chi connectivity index (χ3v) is 9.26. The Morgan fingerprint density at radius 1 is 0.500 bits per heavy atom. The fourth-order valence-electron chi connectivity index (χ4n) is 1.09. The molecule has 0 aliphatic heterocycles. The van der Waals surface area contributed by atoms with Crippen molar-refractivity contribution in [1.82, 2.24) is 0 Å². The van der Waals surface area contributed by atoms with Crippen LogP contribution in [0.15, 0.2) is 0 Å².